The highest BCUT2D eigenvalue weighted by atomic mass is 32.1. The molecule has 0 radical (unpaired) electrons. The van der Waals surface area contributed by atoms with E-state index in [1.807, 2.05) is 23.5 Å². The molecule has 3 nitrogen and oxygen atoms in total. The molecule has 0 atom stereocenters. The van der Waals surface area contributed by atoms with Crippen molar-refractivity contribution in [2.75, 3.05) is 0 Å². The molecule has 0 saturated carbocycles. The van der Waals surface area contributed by atoms with Crippen molar-refractivity contribution in [3.05, 3.63) is 180 Å². The van der Waals surface area contributed by atoms with Crippen LogP contribution >= 0.6 is 11.3 Å². The molecule has 12 aromatic rings. The van der Waals surface area contributed by atoms with Crippen molar-refractivity contribution >= 4 is 97.1 Å². The van der Waals surface area contributed by atoms with Gasteiger partial charge in [-0.05, 0) is 101 Å². The van der Waals surface area contributed by atoms with Gasteiger partial charge in [0.2, 0.25) is 0 Å². The van der Waals surface area contributed by atoms with Gasteiger partial charge in [0, 0.05) is 53.5 Å². The number of aromatic nitrogens is 2. The minimum atomic E-state index is -0.130. The van der Waals surface area contributed by atoms with E-state index >= 15 is 0 Å². The number of fused-ring (bicyclic) bond motifs is 12. The van der Waals surface area contributed by atoms with E-state index in [1.165, 1.54) is 86.2 Å². The number of nitrogens with zero attached hydrogens (tertiary/aromatic N) is 2. The second-order valence-corrected chi connectivity index (χ2v) is 19.3. The van der Waals surface area contributed by atoms with E-state index in [4.69, 9.17) is 4.42 Å². The number of rotatable bonds is 5. The number of furan rings is 1. The smallest absolute Gasteiger partial charge is 0.135 e. The third kappa shape index (κ3) is 5.20. The van der Waals surface area contributed by atoms with Gasteiger partial charge in [0.25, 0.3) is 0 Å². The van der Waals surface area contributed by atoms with Crippen LogP contribution in [0, 0.1) is 0 Å². The van der Waals surface area contributed by atoms with Crippen molar-refractivity contribution in [1.29, 1.82) is 0 Å². The fourth-order valence-electron chi connectivity index (χ4n) is 10.1. The quantitative estimate of drug-likeness (QED) is 0.170. The minimum Gasteiger partial charge on any atom is -0.456 e. The molecule has 290 valence electrons. The lowest BCUT2D eigenvalue weighted by Crippen LogP contribution is -2.21. The average molecular weight is 793 g/mol. The number of benzene rings is 8. The van der Waals surface area contributed by atoms with Crippen LogP contribution in [0.3, 0.4) is 0 Å². The lowest BCUT2D eigenvalue weighted by Gasteiger charge is -2.28. The number of hydrogen-bond acceptors (Lipinski definition) is 2. The van der Waals surface area contributed by atoms with Crippen LogP contribution in [-0.2, 0) is 17.3 Å². The van der Waals surface area contributed by atoms with Gasteiger partial charge >= 0.3 is 0 Å². The molecular formula is C56H44N2OS. The maximum atomic E-state index is 6.21. The minimum absolute atomic E-state index is 0.0290. The van der Waals surface area contributed by atoms with Crippen molar-refractivity contribution in [1.82, 2.24) is 9.13 Å². The lowest BCUT2D eigenvalue weighted by molar-refractivity contribution is 0.521. The number of thiophene rings is 1. The van der Waals surface area contributed by atoms with Crippen LogP contribution in [0.1, 0.15) is 51.3 Å². The van der Waals surface area contributed by atoms with Gasteiger partial charge < -0.3 is 13.6 Å². The highest BCUT2D eigenvalue weighted by Crippen LogP contribution is 2.46. The van der Waals surface area contributed by atoms with E-state index in [0.717, 1.165) is 34.0 Å². The van der Waals surface area contributed by atoms with Crippen molar-refractivity contribution in [3.8, 4) is 11.4 Å². The van der Waals surface area contributed by atoms with Crippen LogP contribution in [0.5, 0.6) is 0 Å². The molecule has 0 aliphatic heterocycles. The lowest BCUT2D eigenvalue weighted by atomic mass is 9.77. The fraction of sp³-hybridized carbons (Fsp3) is 0.143. The molecule has 4 aromatic heterocycles. The fourth-order valence-corrected chi connectivity index (χ4v) is 11.6. The summed E-state index contributed by atoms with van der Waals surface area (Å²) >= 11 is 1.96. The van der Waals surface area contributed by atoms with Gasteiger partial charge in [0.1, 0.15) is 11.2 Å². The molecule has 8 aromatic carbocycles. The Morgan fingerprint density at radius 2 is 1.05 bits per heavy atom. The molecule has 0 bridgehead atoms. The van der Waals surface area contributed by atoms with Crippen LogP contribution in [-0.4, -0.2) is 9.13 Å². The van der Waals surface area contributed by atoms with E-state index in [0.29, 0.717) is 0 Å². The van der Waals surface area contributed by atoms with Gasteiger partial charge in [-0.2, -0.15) is 0 Å². The van der Waals surface area contributed by atoms with E-state index < -0.39 is 0 Å². The summed E-state index contributed by atoms with van der Waals surface area (Å²) in [5.41, 5.74) is 13.1. The van der Waals surface area contributed by atoms with E-state index in [2.05, 4.69) is 195 Å². The van der Waals surface area contributed by atoms with Crippen molar-refractivity contribution in [2.24, 2.45) is 0 Å². The molecule has 60 heavy (non-hydrogen) atoms. The third-order valence-corrected chi connectivity index (χ3v) is 14.3. The maximum absolute atomic E-state index is 6.21. The molecule has 0 saturated heterocycles. The summed E-state index contributed by atoms with van der Waals surface area (Å²) in [6, 6.07) is 60.5. The standard InChI is InChI=1S/C56H44N2OS/c1-55(2,3)45-30-34(29-44-41-19-14-23-50(54(41)60-53(44)45)58-47-21-11-6-15-37(47)38-16-7-12-22-48(38)58)33-56(4,5)35-25-27-49-42(31-35)39-17-8-10-20-46(39)57(49)36-26-28-52-43(32-36)40-18-9-13-24-51(40)59-52/h6-32H,33H2,1-5H3. The normalized spacial score (nSPS) is 12.8. The van der Waals surface area contributed by atoms with E-state index in [1.54, 1.807) is 0 Å². The van der Waals surface area contributed by atoms with Crippen LogP contribution in [0.2, 0.25) is 0 Å². The van der Waals surface area contributed by atoms with Crippen molar-refractivity contribution in [3.63, 3.8) is 0 Å². The summed E-state index contributed by atoms with van der Waals surface area (Å²) < 4.78 is 13.8. The summed E-state index contributed by atoms with van der Waals surface area (Å²) in [4.78, 5) is 0. The molecular weight excluding hydrogens is 749 g/mol. The topological polar surface area (TPSA) is 23.0 Å². The largest absolute Gasteiger partial charge is 0.456 e. The van der Waals surface area contributed by atoms with Gasteiger partial charge in [-0.3, -0.25) is 0 Å². The molecule has 4 heteroatoms. The molecule has 0 N–H and O–H groups in total. The van der Waals surface area contributed by atoms with Gasteiger partial charge in [-0.15, -0.1) is 11.3 Å². The van der Waals surface area contributed by atoms with Crippen LogP contribution in [0.15, 0.2) is 168 Å². The summed E-state index contributed by atoms with van der Waals surface area (Å²) in [6.45, 7) is 11.9. The molecule has 0 amide bonds. The van der Waals surface area contributed by atoms with Gasteiger partial charge in [0.05, 0.1) is 32.5 Å². The summed E-state index contributed by atoms with van der Waals surface area (Å²) in [5, 5.41) is 10.1. The first-order valence-electron chi connectivity index (χ1n) is 21.0. The van der Waals surface area contributed by atoms with Crippen LogP contribution < -0.4 is 0 Å². The molecule has 0 aliphatic rings. The zero-order valence-electron chi connectivity index (χ0n) is 34.5. The molecule has 0 fully saturated rings. The Hall–Kier alpha value is -6.62. The van der Waals surface area contributed by atoms with Gasteiger partial charge in [0.15, 0.2) is 0 Å². The summed E-state index contributed by atoms with van der Waals surface area (Å²) in [7, 11) is 0. The SMILES string of the molecule is CC(C)(C)c1cc(CC(C)(C)c2ccc3c(c2)c2ccccc2n3-c2ccc3oc4ccccc4c3c2)cc2c1sc1c(-n3c4ccccc4c4ccccc43)cccc12. The molecule has 12 rings (SSSR count). The maximum Gasteiger partial charge on any atom is 0.135 e. The monoisotopic (exact) mass is 792 g/mol. The first-order valence-corrected chi connectivity index (χ1v) is 21.9. The molecule has 0 spiro atoms. The predicted octanol–water partition coefficient (Wildman–Crippen LogP) is 16.0. The van der Waals surface area contributed by atoms with Crippen molar-refractivity contribution in [2.45, 2.75) is 51.9 Å². The van der Waals surface area contributed by atoms with E-state index in [-0.39, 0.29) is 10.8 Å². The number of para-hydroxylation sites is 4. The Morgan fingerprint density at radius 1 is 0.450 bits per heavy atom. The van der Waals surface area contributed by atoms with Crippen LogP contribution in [0.25, 0.3) is 97.1 Å². The van der Waals surface area contributed by atoms with Gasteiger partial charge in [-0.25, -0.2) is 0 Å². The van der Waals surface area contributed by atoms with Crippen LogP contribution in [0.4, 0.5) is 0 Å². The summed E-state index contributed by atoms with van der Waals surface area (Å²) in [6.07, 6.45) is 0.921. The predicted molar refractivity (Wildman–Crippen MR) is 257 cm³/mol. The first-order chi connectivity index (χ1) is 29.1. The Labute approximate surface area is 352 Å². The second-order valence-electron chi connectivity index (χ2n) is 18.3. The Balaban J connectivity index is 0.987. The average Bonchev–Trinajstić information content (AvgIpc) is 4.00. The molecule has 0 unspecified atom stereocenters. The van der Waals surface area contributed by atoms with Gasteiger partial charge in [-0.1, -0.05) is 132 Å². The Morgan fingerprint density at radius 3 is 1.77 bits per heavy atom. The highest BCUT2D eigenvalue weighted by Gasteiger charge is 2.27. The molecule has 0 aliphatic carbocycles. The number of hydrogen-bond donors (Lipinski definition) is 0. The Bertz CT molecular complexity index is 3660. The Kier molecular flexibility index (Phi) is 7.47. The van der Waals surface area contributed by atoms with Crippen molar-refractivity contribution < 1.29 is 4.42 Å². The highest BCUT2D eigenvalue weighted by molar-refractivity contribution is 7.26. The first kappa shape index (κ1) is 35.3. The summed E-state index contributed by atoms with van der Waals surface area (Å²) in [5.74, 6) is 0. The second kappa shape index (κ2) is 12.7. The third-order valence-electron chi connectivity index (χ3n) is 13.0. The molecule has 4 heterocycles. The zero-order chi connectivity index (χ0) is 40.5. The zero-order valence-corrected chi connectivity index (χ0v) is 35.3. The van der Waals surface area contributed by atoms with E-state index in [9.17, 15) is 0 Å².